The third-order valence-corrected chi connectivity index (χ3v) is 2.73. The molecule has 0 saturated carbocycles. The molecule has 0 aliphatic heterocycles. The number of ether oxygens (including phenoxy) is 1. The molecule has 5 nitrogen and oxygen atoms in total. The van der Waals surface area contributed by atoms with Crippen LogP contribution in [0, 0.1) is 0 Å². The highest BCUT2D eigenvalue weighted by Gasteiger charge is 2.18. The van der Waals surface area contributed by atoms with Gasteiger partial charge in [-0.25, -0.2) is 4.79 Å². The van der Waals surface area contributed by atoms with Gasteiger partial charge >= 0.3 is 6.09 Å². The fourth-order valence-corrected chi connectivity index (χ4v) is 1.45. The van der Waals surface area contributed by atoms with Crippen molar-refractivity contribution in [3.05, 3.63) is 18.0 Å². The standard InChI is InChI=1S/C10H16N2O3S/c1-3-12(8(2)7-16)10(13)14-6-9-4-5-15-11-9/h4-5,8,16H,3,6-7H2,1-2H3. The zero-order chi connectivity index (χ0) is 12.0. The normalized spacial score (nSPS) is 12.2. The second-order valence-corrected chi connectivity index (χ2v) is 3.73. The molecule has 0 bridgehead atoms. The van der Waals surface area contributed by atoms with Crippen LogP contribution in [0.3, 0.4) is 0 Å². The van der Waals surface area contributed by atoms with Crippen LogP contribution < -0.4 is 0 Å². The fourth-order valence-electron chi connectivity index (χ4n) is 1.25. The van der Waals surface area contributed by atoms with Crippen LogP contribution in [-0.2, 0) is 11.3 Å². The molecule has 0 aliphatic carbocycles. The van der Waals surface area contributed by atoms with Crippen molar-refractivity contribution in [2.24, 2.45) is 0 Å². The molecule has 90 valence electrons. The zero-order valence-corrected chi connectivity index (χ0v) is 10.3. The van der Waals surface area contributed by atoms with Gasteiger partial charge in [0.15, 0.2) is 0 Å². The van der Waals surface area contributed by atoms with Crippen LogP contribution in [0.1, 0.15) is 19.5 Å². The second-order valence-electron chi connectivity index (χ2n) is 3.36. The monoisotopic (exact) mass is 244 g/mol. The molecule has 1 unspecified atom stereocenters. The summed E-state index contributed by atoms with van der Waals surface area (Å²) in [6.07, 6.45) is 1.09. The highest BCUT2D eigenvalue weighted by molar-refractivity contribution is 7.80. The van der Waals surface area contributed by atoms with E-state index in [1.54, 1.807) is 11.0 Å². The predicted octanol–water partition coefficient (Wildman–Crippen LogP) is 1.95. The van der Waals surface area contributed by atoms with Crippen LogP contribution in [0.4, 0.5) is 4.79 Å². The van der Waals surface area contributed by atoms with Gasteiger partial charge in [0, 0.05) is 24.4 Å². The van der Waals surface area contributed by atoms with Crippen molar-refractivity contribution in [1.82, 2.24) is 10.1 Å². The molecule has 1 aromatic rings. The van der Waals surface area contributed by atoms with E-state index in [4.69, 9.17) is 4.74 Å². The molecule has 0 aliphatic rings. The molecule has 1 amide bonds. The Hall–Kier alpha value is -1.17. The largest absolute Gasteiger partial charge is 0.443 e. The maximum atomic E-state index is 11.7. The number of thiol groups is 1. The van der Waals surface area contributed by atoms with Crippen LogP contribution in [-0.4, -0.2) is 34.5 Å². The molecule has 1 rings (SSSR count). The molecule has 1 aromatic heterocycles. The number of hydrogen-bond acceptors (Lipinski definition) is 5. The molecule has 6 heteroatoms. The topological polar surface area (TPSA) is 55.6 Å². The molecule has 1 atom stereocenters. The van der Waals surface area contributed by atoms with E-state index < -0.39 is 0 Å². The first kappa shape index (κ1) is 12.9. The van der Waals surface area contributed by atoms with Gasteiger partial charge in [0.2, 0.25) is 0 Å². The maximum absolute atomic E-state index is 11.7. The molecule has 0 aromatic carbocycles. The fraction of sp³-hybridized carbons (Fsp3) is 0.600. The van der Waals surface area contributed by atoms with Gasteiger partial charge in [-0.1, -0.05) is 5.16 Å². The number of aromatic nitrogens is 1. The van der Waals surface area contributed by atoms with Crippen LogP contribution in [0.15, 0.2) is 16.9 Å². The van der Waals surface area contributed by atoms with Crippen LogP contribution in [0.5, 0.6) is 0 Å². The van der Waals surface area contributed by atoms with Crippen molar-refractivity contribution in [2.45, 2.75) is 26.5 Å². The number of carbonyl (C=O) groups excluding carboxylic acids is 1. The Morgan fingerprint density at radius 3 is 3.00 bits per heavy atom. The number of hydrogen-bond donors (Lipinski definition) is 1. The van der Waals surface area contributed by atoms with Gasteiger partial charge in [0.05, 0.1) is 0 Å². The Balaban J connectivity index is 2.44. The summed E-state index contributed by atoms with van der Waals surface area (Å²) in [4.78, 5) is 13.3. The Labute approximate surface area is 100 Å². The lowest BCUT2D eigenvalue weighted by atomic mass is 10.3. The predicted molar refractivity (Wildman–Crippen MR) is 62.4 cm³/mol. The van der Waals surface area contributed by atoms with Crippen molar-refractivity contribution < 1.29 is 14.1 Å². The van der Waals surface area contributed by atoms with Crippen molar-refractivity contribution >= 4 is 18.7 Å². The summed E-state index contributed by atoms with van der Waals surface area (Å²) >= 11 is 4.15. The van der Waals surface area contributed by atoms with Crippen molar-refractivity contribution in [3.63, 3.8) is 0 Å². The van der Waals surface area contributed by atoms with E-state index in [-0.39, 0.29) is 18.7 Å². The van der Waals surface area contributed by atoms with Crippen LogP contribution in [0.25, 0.3) is 0 Å². The number of carbonyl (C=O) groups is 1. The first-order valence-corrected chi connectivity index (χ1v) is 5.75. The van der Waals surface area contributed by atoms with Gasteiger partial charge in [-0.15, -0.1) is 0 Å². The van der Waals surface area contributed by atoms with Gasteiger partial charge in [0.1, 0.15) is 18.6 Å². The van der Waals surface area contributed by atoms with E-state index in [9.17, 15) is 4.79 Å². The smallest absolute Gasteiger partial charge is 0.410 e. The minimum atomic E-state index is -0.355. The Morgan fingerprint density at radius 1 is 1.75 bits per heavy atom. The Bertz CT molecular complexity index is 316. The summed E-state index contributed by atoms with van der Waals surface area (Å²) in [5, 5.41) is 3.65. The maximum Gasteiger partial charge on any atom is 0.410 e. The van der Waals surface area contributed by atoms with E-state index >= 15 is 0 Å². The van der Waals surface area contributed by atoms with E-state index in [1.807, 2.05) is 13.8 Å². The summed E-state index contributed by atoms with van der Waals surface area (Å²) in [6, 6.07) is 1.71. The molecule has 0 N–H and O–H groups in total. The average molecular weight is 244 g/mol. The van der Waals surface area contributed by atoms with Gasteiger partial charge in [0.25, 0.3) is 0 Å². The first-order chi connectivity index (χ1) is 7.69. The SMILES string of the molecule is CCN(C(=O)OCc1ccon1)C(C)CS. The molecule has 1 heterocycles. The molecule has 0 radical (unpaired) electrons. The van der Waals surface area contributed by atoms with E-state index in [1.165, 1.54) is 6.26 Å². The first-order valence-electron chi connectivity index (χ1n) is 5.12. The summed E-state index contributed by atoms with van der Waals surface area (Å²) in [6.45, 7) is 4.55. The highest BCUT2D eigenvalue weighted by atomic mass is 32.1. The number of nitrogens with zero attached hydrogens (tertiary/aromatic N) is 2. The zero-order valence-electron chi connectivity index (χ0n) is 9.42. The average Bonchev–Trinajstić information content (AvgIpc) is 2.79. The molecular weight excluding hydrogens is 228 g/mol. The third-order valence-electron chi connectivity index (χ3n) is 2.21. The lowest BCUT2D eigenvalue weighted by molar-refractivity contribution is 0.0869. The van der Waals surface area contributed by atoms with Gasteiger partial charge < -0.3 is 14.2 Å². The summed E-state index contributed by atoms with van der Waals surface area (Å²) in [5.74, 6) is 0.604. The van der Waals surface area contributed by atoms with Crippen LogP contribution in [0.2, 0.25) is 0 Å². The highest BCUT2D eigenvalue weighted by Crippen LogP contribution is 2.06. The van der Waals surface area contributed by atoms with E-state index in [0.717, 1.165) is 0 Å². The minimum absolute atomic E-state index is 0.0538. The summed E-state index contributed by atoms with van der Waals surface area (Å²) in [7, 11) is 0. The van der Waals surface area contributed by atoms with Crippen molar-refractivity contribution in [2.75, 3.05) is 12.3 Å². The molecule has 0 fully saturated rings. The molecular formula is C10H16N2O3S. The third kappa shape index (κ3) is 3.44. The number of rotatable bonds is 5. The molecule has 16 heavy (non-hydrogen) atoms. The second kappa shape index (κ2) is 6.42. The summed E-state index contributed by atoms with van der Waals surface area (Å²) in [5.41, 5.74) is 0.600. The quantitative estimate of drug-likeness (QED) is 0.804. The van der Waals surface area contributed by atoms with Gasteiger partial charge in [-0.05, 0) is 13.8 Å². The molecule has 0 spiro atoms. The van der Waals surface area contributed by atoms with Crippen molar-refractivity contribution in [1.29, 1.82) is 0 Å². The van der Waals surface area contributed by atoms with E-state index in [2.05, 4.69) is 22.3 Å². The number of amides is 1. The summed E-state index contributed by atoms with van der Waals surface area (Å²) < 4.78 is 9.73. The van der Waals surface area contributed by atoms with Crippen LogP contribution >= 0.6 is 12.6 Å². The Kier molecular flexibility index (Phi) is 5.18. The van der Waals surface area contributed by atoms with Gasteiger partial charge in [-0.3, -0.25) is 0 Å². The Morgan fingerprint density at radius 2 is 2.50 bits per heavy atom. The van der Waals surface area contributed by atoms with E-state index in [0.29, 0.717) is 18.0 Å². The molecule has 0 saturated heterocycles. The lowest BCUT2D eigenvalue weighted by Crippen LogP contribution is -2.39. The van der Waals surface area contributed by atoms with Gasteiger partial charge in [-0.2, -0.15) is 12.6 Å². The minimum Gasteiger partial charge on any atom is -0.443 e. The lowest BCUT2D eigenvalue weighted by Gasteiger charge is -2.25. The van der Waals surface area contributed by atoms with Crippen molar-refractivity contribution in [3.8, 4) is 0 Å².